The predicted octanol–water partition coefficient (Wildman–Crippen LogP) is 6.17. The van der Waals surface area contributed by atoms with E-state index in [0.29, 0.717) is 54.1 Å². The van der Waals surface area contributed by atoms with E-state index in [0.717, 1.165) is 29.4 Å². The zero-order valence-electron chi connectivity index (χ0n) is 22.6. The molecule has 0 radical (unpaired) electrons. The number of aldehydes is 1. The number of likely N-dealkylation sites (tertiary alicyclic amines) is 1. The lowest BCUT2D eigenvalue weighted by atomic mass is 9.72. The second-order valence-electron chi connectivity index (χ2n) is 10.3. The lowest BCUT2D eigenvalue weighted by molar-refractivity contribution is -0.0563. The Kier molecular flexibility index (Phi) is 9.61. The molecule has 0 aromatic heterocycles. The fourth-order valence-corrected chi connectivity index (χ4v) is 5.96. The lowest BCUT2D eigenvalue weighted by Gasteiger charge is -2.44. The number of hydrogen-bond donors (Lipinski definition) is 3. The number of carbonyl (C=O) groups excluding carboxylic acids is 2. The maximum absolute atomic E-state index is 13.4. The van der Waals surface area contributed by atoms with Crippen molar-refractivity contribution >= 4 is 29.9 Å². The Morgan fingerprint density at radius 3 is 2.58 bits per heavy atom. The van der Waals surface area contributed by atoms with Crippen LogP contribution in [-0.2, 0) is 12.0 Å². The quantitative estimate of drug-likeness (QED) is 0.202. The summed E-state index contributed by atoms with van der Waals surface area (Å²) in [5.74, 6) is -0.463. The number of piperidine rings is 1. The lowest BCUT2D eigenvalue weighted by Crippen LogP contribution is -2.48. The minimum atomic E-state index is -1.37. The van der Waals surface area contributed by atoms with Crippen molar-refractivity contribution in [1.82, 2.24) is 10.2 Å². The van der Waals surface area contributed by atoms with E-state index in [2.05, 4.69) is 24.4 Å². The molecule has 1 heterocycles. The van der Waals surface area contributed by atoms with Gasteiger partial charge in [-0.2, -0.15) is 0 Å². The van der Waals surface area contributed by atoms with Gasteiger partial charge in [-0.15, -0.1) is 0 Å². The fourth-order valence-electron chi connectivity index (χ4n) is 5.68. The van der Waals surface area contributed by atoms with E-state index in [-0.39, 0.29) is 24.8 Å². The molecule has 1 aliphatic rings. The molecule has 7 nitrogen and oxygen atoms in total. The molecule has 1 saturated heterocycles. The number of hydrogen-bond acceptors (Lipinski definition) is 4. The minimum Gasteiger partial charge on any atom is -0.465 e. The average Bonchev–Trinajstić information content (AvgIpc) is 2.98. The van der Waals surface area contributed by atoms with Gasteiger partial charge in [0, 0.05) is 47.3 Å². The summed E-state index contributed by atoms with van der Waals surface area (Å²) in [6.07, 6.45) is 2.57. The summed E-state index contributed by atoms with van der Waals surface area (Å²) >= 11 is 6.80. The SMILES string of the molecule is CCc1cccc(-c2c(Cl)cccc2C(O)(CCCNC(=O)O)[C@@H]2CCCN(C(=O)c3ccc(C=O)cc3)C2)c1. The van der Waals surface area contributed by atoms with Crippen LogP contribution in [0.25, 0.3) is 11.1 Å². The average molecular weight is 563 g/mol. The van der Waals surface area contributed by atoms with E-state index < -0.39 is 11.7 Å². The maximum atomic E-state index is 13.4. The molecule has 1 aliphatic heterocycles. The van der Waals surface area contributed by atoms with Gasteiger partial charge in [0.2, 0.25) is 0 Å². The van der Waals surface area contributed by atoms with E-state index in [4.69, 9.17) is 16.7 Å². The van der Waals surface area contributed by atoms with Gasteiger partial charge in [0.1, 0.15) is 6.29 Å². The van der Waals surface area contributed by atoms with Crippen LogP contribution in [0.3, 0.4) is 0 Å². The summed E-state index contributed by atoms with van der Waals surface area (Å²) in [6, 6.07) is 20.2. The van der Waals surface area contributed by atoms with Crippen molar-refractivity contribution in [2.24, 2.45) is 5.92 Å². The van der Waals surface area contributed by atoms with Crippen molar-refractivity contribution in [3.05, 3.63) is 94.0 Å². The molecule has 4 rings (SSSR count). The number of amides is 2. The Hall–Kier alpha value is -3.68. The van der Waals surface area contributed by atoms with Crippen LogP contribution in [0, 0.1) is 5.92 Å². The summed E-state index contributed by atoms with van der Waals surface area (Å²) in [7, 11) is 0. The molecule has 8 heteroatoms. The Morgan fingerprint density at radius 2 is 1.88 bits per heavy atom. The first-order valence-corrected chi connectivity index (χ1v) is 14.1. The van der Waals surface area contributed by atoms with Gasteiger partial charge in [-0.05, 0) is 67.0 Å². The molecule has 3 aromatic carbocycles. The Morgan fingerprint density at radius 1 is 1.12 bits per heavy atom. The summed E-state index contributed by atoms with van der Waals surface area (Å²) in [5.41, 5.74) is 3.09. The molecule has 0 spiro atoms. The summed E-state index contributed by atoms with van der Waals surface area (Å²) in [4.78, 5) is 37.3. The van der Waals surface area contributed by atoms with E-state index in [1.165, 1.54) is 0 Å². The number of carbonyl (C=O) groups is 3. The Labute approximate surface area is 239 Å². The number of aliphatic hydroxyl groups is 1. The number of carboxylic acid groups (broad SMARTS) is 1. The second-order valence-corrected chi connectivity index (χ2v) is 10.7. The Balaban J connectivity index is 1.72. The van der Waals surface area contributed by atoms with Gasteiger partial charge in [-0.1, -0.05) is 67.1 Å². The van der Waals surface area contributed by atoms with Gasteiger partial charge in [0.05, 0.1) is 5.60 Å². The first-order chi connectivity index (χ1) is 19.3. The van der Waals surface area contributed by atoms with E-state index in [1.807, 2.05) is 30.3 Å². The highest BCUT2D eigenvalue weighted by molar-refractivity contribution is 6.33. The summed E-state index contributed by atoms with van der Waals surface area (Å²) < 4.78 is 0. The third-order valence-electron chi connectivity index (χ3n) is 7.79. The summed E-state index contributed by atoms with van der Waals surface area (Å²) in [6.45, 7) is 3.16. The number of nitrogens with zero attached hydrogens (tertiary/aromatic N) is 1. The molecule has 0 saturated carbocycles. The van der Waals surface area contributed by atoms with Crippen molar-refractivity contribution in [1.29, 1.82) is 0 Å². The molecule has 210 valence electrons. The van der Waals surface area contributed by atoms with Crippen LogP contribution in [0.15, 0.2) is 66.7 Å². The fraction of sp³-hybridized carbons (Fsp3) is 0.344. The van der Waals surface area contributed by atoms with Crippen LogP contribution in [0.1, 0.15) is 64.4 Å². The maximum Gasteiger partial charge on any atom is 0.404 e. The van der Waals surface area contributed by atoms with E-state index >= 15 is 0 Å². The molecule has 2 atom stereocenters. The molecule has 0 aliphatic carbocycles. The number of halogens is 1. The van der Waals surface area contributed by atoms with Crippen LogP contribution in [0.4, 0.5) is 4.79 Å². The molecular formula is C32H35ClN2O5. The highest BCUT2D eigenvalue weighted by Gasteiger charge is 2.43. The summed E-state index contributed by atoms with van der Waals surface area (Å²) in [5, 5.41) is 24.6. The molecule has 40 heavy (non-hydrogen) atoms. The number of benzene rings is 3. The topological polar surface area (TPSA) is 107 Å². The monoisotopic (exact) mass is 562 g/mol. The standard InChI is InChI=1S/C32H35ClN2O5/c1-2-22-7-3-8-25(19-22)29-27(10-4-11-28(29)33)32(40,16-6-17-34-31(38)39)26-9-5-18-35(20-26)30(37)24-14-12-23(21-36)13-15-24/h3-4,7-8,10-15,19,21,26,34,40H,2,5-6,9,16-18,20H2,1H3,(H,38,39)/t26-,32?/m1/s1. The van der Waals surface area contributed by atoms with Crippen molar-refractivity contribution in [3.8, 4) is 11.1 Å². The third-order valence-corrected chi connectivity index (χ3v) is 8.11. The van der Waals surface area contributed by atoms with E-state index in [1.54, 1.807) is 29.2 Å². The molecule has 3 aromatic rings. The first kappa shape index (κ1) is 29.3. The van der Waals surface area contributed by atoms with Crippen LogP contribution >= 0.6 is 11.6 Å². The van der Waals surface area contributed by atoms with Gasteiger partial charge >= 0.3 is 6.09 Å². The minimum absolute atomic E-state index is 0.154. The number of nitrogens with one attached hydrogen (secondary N) is 1. The molecular weight excluding hydrogens is 528 g/mol. The van der Waals surface area contributed by atoms with Gasteiger partial charge in [-0.3, -0.25) is 9.59 Å². The van der Waals surface area contributed by atoms with Gasteiger partial charge < -0.3 is 20.4 Å². The number of rotatable bonds is 10. The highest BCUT2D eigenvalue weighted by Crippen LogP contribution is 2.45. The largest absolute Gasteiger partial charge is 0.465 e. The molecule has 0 bridgehead atoms. The second kappa shape index (κ2) is 13.1. The molecule has 3 N–H and O–H groups in total. The molecule has 1 fully saturated rings. The normalized spacial score (nSPS) is 16.7. The van der Waals surface area contributed by atoms with Gasteiger partial charge in [-0.25, -0.2) is 4.79 Å². The number of aryl methyl sites for hydroxylation is 1. The third kappa shape index (κ3) is 6.54. The van der Waals surface area contributed by atoms with Crippen LogP contribution < -0.4 is 5.32 Å². The van der Waals surface area contributed by atoms with Crippen molar-refractivity contribution in [2.45, 2.75) is 44.6 Å². The molecule has 2 amide bonds. The highest BCUT2D eigenvalue weighted by atomic mass is 35.5. The van der Waals surface area contributed by atoms with Crippen LogP contribution in [0.2, 0.25) is 5.02 Å². The van der Waals surface area contributed by atoms with Gasteiger partial charge in [0.15, 0.2) is 0 Å². The zero-order valence-corrected chi connectivity index (χ0v) is 23.4. The first-order valence-electron chi connectivity index (χ1n) is 13.7. The van der Waals surface area contributed by atoms with Crippen LogP contribution in [0.5, 0.6) is 0 Å². The van der Waals surface area contributed by atoms with Crippen molar-refractivity contribution in [2.75, 3.05) is 19.6 Å². The van der Waals surface area contributed by atoms with Crippen molar-refractivity contribution in [3.63, 3.8) is 0 Å². The van der Waals surface area contributed by atoms with Crippen LogP contribution in [-0.4, -0.2) is 53.0 Å². The zero-order chi connectivity index (χ0) is 28.7. The van der Waals surface area contributed by atoms with E-state index in [9.17, 15) is 19.5 Å². The Bertz CT molecular complexity index is 1360. The predicted molar refractivity (Wildman–Crippen MR) is 156 cm³/mol. The smallest absolute Gasteiger partial charge is 0.404 e. The van der Waals surface area contributed by atoms with Gasteiger partial charge in [0.25, 0.3) is 5.91 Å². The molecule has 1 unspecified atom stereocenters. The van der Waals surface area contributed by atoms with Crippen molar-refractivity contribution < 1.29 is 24.6 Å².